The van der Waals surface area contributed by atoms with Crippen molar-refractivity contribution >= 4 is 33.1 Å². The number of phenolic OH excluding ortho intramolecular Hbond substituents is 2. The van der Waals surface area contributed by atoms with Gasteiger partial charge in [-0.2, -0.15) is 0 Å². The van der Waals surface area contributed by atoms with Gasteiger partial charge in [0.05, 0.1) is 4.90 Å². The highest BCUT2D eigenvalue weighted by Crippen LogP contribution is 2.39. The number of hydrogen-bond donors (Lipinski definition) is 6. The van der Waals surface area contributed by atoms with Crippen LogP contribution in [0.15, 0.2) is 101 Å². The van der Waals surface area contributed by atoms with E-state index in [2.05, 4.69) is 69.9 Å². The number of phenols is 2. The van der Waals surface area contributed by atoms with Crippen LogP contribution in [0, 0.1) is 17.7 Å². The molecule has 4 aromatic carbocycles. The Labute approximate surface area is 398 Å². The molecule has 0 aromatic heterocycles. The monoisotopic (exact) mass is 927 g/mol. The Morgan fingerprint density at radius 2 is 1.02 bits per heavy atom. The summed E-state index contributed by atoms with van der Waals surface area (Å²) in [5.74, 6) is 11.4. The molecule has 6 N–H and O–H groups in total. The van der Waals surface area contributed by atoms with Crippen LogP contribution in [0.1, 0.15) is 151 Å². The molecule has 65 heavy (non-hydrogen) atoms. The largest absolute Gasteiger partial charge is 0.508 e. The molecule has 0 amide bonds. The Bertz CT molecular complexity index is 1930. The Morgan fingerprint density at radius 3 is 1.45 bits per heavy atom. The second-order valence-electron chi connectivity index (χ2n) is 18.6. The van der Waals surface area contributed by atoms with Gasteiger partial charge in [-0.15, -0.1) is 0 Å². The van der Waals surface area contributed by atoms with Crippen molar-refractivity contribution in [2.75, 3.05) is 27.2 Å². The van der Waals surface area contributed by atoms with Gasteiger partial charge in [-0.3, -0.25) is 9.44 Å². The summed E-state index contributed by atoms with van der Waals surface area (Å²) in [4.78, 5) is 1.89. The topological polar surface area (TPSA) is 88.6 Å². The maximum absolute atomic E-state index is 13.0. The van der Waals surface area contributed by atoms with Crippen molar-refractivity contribution < 1.29 is 14.6 Å². The van der Waals surface area contributed by atoms with Crippen LogP contribution in [0.3, 0.4) is 0 Å². The Balaban J connectivity index is 0.000000173. The van der Waals surface area contributed by atoms with E-state index < -0.39 is 10.7 Å². The Hall–Kier alpha value is -3.31. The number of aromatic hydroxyl groups is 2. The smallest absolute Gasteiger partial charge is 0.137 e. The Kier molecular flexibility index (Phi) is 23.3. The summed E-state index contributed by atoms with van der Waals surface area (Å²) in [5, 5.41) is 27.3. The molecule has 4 aliphatic rings. The van der Waals surface area contributed by atoms with Gasteiger partial charge >= 0.3 is 0 Å². The van der Waals surface area contributed by atoms with Gasteiger partial charge in [-0.05, 0) is 186 Å². The van der Waals surface area contributed by atoms with Gasteiger partial charge < -0.3 is 20.8 Å². The highest BCUT2D eigenvalue weighted by Gasteiger charge is 2.31. The van der Waals surface area contributed by atoms with Crippen LogP contribution in [0.5, 0.6) is 11.5 Å². The van der Waals surface area contributed by atoms with Crippen LogP contribution in [0.4, 0.5) is 4.39 Å². The summed E-state index contributed by atoms with van der Waals surface area (Å²) >= 11 is 0. The van der Waals surface area contributed by atoms with Gasteiger partial charge in [-0.1, -0.05) is 141 Å². The second kappa shape index (κ2) is 28.8. The molecule has 4 aromatic rings. The van der Waals surface area contributed by atoms with E-state index in [1.165, 1.54) is 149 Å². The highest BCUT2D eigenvalue weighted by molar-refractivity contribution is 8.12. The lowest BCUT2D eigenvalue weighted by molar-refractivity contribution is 0.297. The number of nitrogens with one attached hydrogen (secondary N) is 4. The number of hydrogen-bond acceptors (Lipinski definition) is 6. The maximum Gasteiger partial charge on any atom is 0.137 e. The summed E-state index contributed by atoms with van der Waals surface area (Å²) in [6, 6.07) is 30.1. The lowest BCUT2D eigenvalue weighted by Gasteiger charge is -2.36. The predicted molar refractivity (Wildman–Crippen MR) is 282 cm³/mol. The normalized spacial score (nSPS) is 21.7. The predicted octanol–water partition coefficient (Wildman–Crippen LogP) is 13.4. The zero-order chi connectivity index (χ0) is 46.4. The SMILES string of the molecule is C=S(NC)c1ccccc1.C=S(NC)c1ccccc1F.CCCC1c2ccc(O)cc2CCC1NCC1CCCCC1.CCCC1c2ccc(O)cc2CCC1NCC1CCCCC1. The van der Waals surface area contributed by atoms with Gasteiger partial charge in [0.1, 0.15) is 17.3 Å². The molecule has 6 nitrogen and oxygen atoms in total. The molecule has 9 heteroatoms. The summed E-state index contributed by atoms with van der Waals surface area (Å²) < 4.78 is 19.0. The fraction of sp³-hybridized carbons (Fsp3) is 0.536. The highest BCUT2D eigenvalue weighted by atomic mass is 32.2. The van der Waals surface area contributed by atoms with E-state index in [4.69, 9.17) is 0 Å². The number of aryl methyl sites for hydroxylation is 2. The number of rotatable bonds is 14. The van der Waals surface area contributed by atoms with Crippen LogP contribution in [-0.4, -0.2) is 61.2 Å². The zero-order valence-corrected chi connectivity index (χ0v) is 41.9. The van der Waals surface area contributed by atoms with E-state index in [0.29, 0.717) is 40.3 Å². The first-order valence-corrected chi connectivity index (χ1v) is 27.8. The van der Waals surface area contributed by atoms with E-state index in [1.807, 2.05) is 49.5 Å². The van der Waals surface area contributed by atoms with Crippen molar-refractivity contribution in [2.24, 2.45) is 11.8 Å². The van der Waals surface area contributed by atoms with Crippen molar-refractivity contribution in [3.05, 3.63) is 119 Å². The molecule has 358 valence electrons. The Morgan fingerprint density at radius 1 is 0.569 bits per heavy atom. The second-order valence-corrected chi connectivity index (χ2v) is 21.9. The molecule has 2 fully saturated rings. The van der Waals surface area contributed by atoms with Crippen molar-refractivity contribution in [1.82, 2.24) is 20.1 Å². The van der Waals surface area contributed by atoms with Crippen molar-refractivity contribution in [1.29, 1.82) is 0 Å². The van der Waals surface area contributed by atoms with Crippen molar-refractivity contribution in [3.63, 3.8) is 0 Å². The first kappa shape index (κ1) is 52.7. The first-order valence-electron chi connectivity index (χ1n) is 25.0. The number of fused-ring (bicyclic) bond motifs is 2. The van der Waals surface area contributed by atoms with Crippen LogP contribution in [0.25, 0.3) is 0 Å². The number of benzene rings is 4. The first-order chi connectivity index (χ1) is 31.6. The minimum atomic E-state index is -0.427. The minimum absolute atomic E-state index is 0.0404. The molecule has 0 radical (unpaired) electrons. The fourth-order valence-corrected chi connectivity index (χ4v) is 12.0. The maximum atomic E-state index is 13.0. The van der Waals surface area contributed by atoms with Crippen molar-refractivity contribution in [2.45, 2.75) is 163 Å². The molecular weight excluding hydrogens is 844 g/mol. The van der Waals surface area contributed by atoms with Gasteiger partial charge in [-0.25, -0.2) is 4.39 Å². The molecule has 0 spiro atoms. The van der Waals surface area contributed by atoms with Crippen LogP contribution >= 0.6 is 21.3 Å². The van der Waals surface area contributed by atoms with Crippen LogP contribution in [-0.2, 0) is 12.8 Å². The average molecular weight is 927 g/mol. The third-order valence-electron chi connectivity index (χ3n) is 14.1. The molecule has 2 saturated carbocycles. The summed E-state index contributed by atoms with van der Waals surface area (Å²) in [6.07, 6.45) is 23.9. The lowest BCUT2D eigenvalue weighted by atomic mass is 9.76. The summed E-state index contributed by atoms with van der Waals surface area (Å²) in [5.41, 5.74) is 5.70. The average Bonchev–Trinajstić information content (AvgIpc) is 3.34. The third-order valence-corrected chi connectivity index (χ3v) is 16.8. The molecule has 6 atom stereocenters. The fourth-order valence-electron chi connectivity index (χ4n) is 10.5. The minimum Gasteiger partial charge on any atom is -0.508 e. The van der Waals surface area contributed by atoms with E-state index in [0.717, 1.165) is 24.7 Å². The summed E-state index contributed by atoms with van der Waals surface area (Å²) in [7, 11) is 3.22. The molecular formula is C56H83FN4O2S2. The zero-order valence-electron chi connectivity index (χ0n) is 40.3. The molecule has 6 unspecified atom stereocenters. The molecule has 0 bridgehead atoms. The lowest BCUT2D eigenvalue weighted by Crippen LogP contribution is -2.41. The van der Waals surface area contributed by atoms with Gasteiger partial charge in [0.25, 0.3) is 0 Å². The molecule has 0 saturated heterocycles. The van der Waals surface area contributed by atoms with Gasteiger partial charge in [0.15, 0.2) is 0 Å². The van der Waals surface area contributed by atoms with E-state index >= 15 is 0 Å². The standard InChI is InChI=1S/2C20H31NO.C8H10FNS.C8H11NS/c2*1-2-6-19-18-11-10-17(22)13-16(18)9-12-20(19)21-14-15-7-4-3-5-8-15;1-10-11(2)8-6-4-3-5-7(8)9;1-9-10(2)8-6-4-3-5-7-8/h2*10-11,13,15,19-22H,2-9,12,14H2,1H3;3-6,10H,2H2,1H3;3-7,9H,2H2,1H3. The van der Waals surface area contributed by atoms with Gasteiger partial charge in [0, 0.05) is 17.0 Å². The quantitative estimate of drug-likeness (QED) is 0.0707. The van der Waals surface area contributed by atoms with Gasteiger partial charge in [0.2, 0.25) is 0 Å². The van der Waals surface area contributed by atoms with E-state index in [-0.39, 0.29) is 16.5 Å². The molecule has 4 aliphatic carbocycles. The van der Waals surface area contributed by atoms with Crippen LogP contribution < -0.4 is 20.1 Å². The van der Waals surface area contributed by atoms with Crippen molar-refractivity contribution in [3.8, 4) is 11.5 Å². The molecule has 0 heterocycles. The molecule has 8 rings (SSSR count). The van der Waals surface area contributed by atoms with Crippen LogP contribution in [0.2, 0.25) is 0 Å². The number of halogens is 1. The summed E-state index contributed by atoms with van der Waals surface area (Å²) in [6.45, 7) is 6.98. The molecule has 0 aliphatic heterocycles. The van der Waals surface area contributed by atoms with E-state index in [1.54, 1.807) is 25.2 Å². The third kappa shape index (κ3) is 16.8. The van der Waals surface area contributed by atoms with E-state index in [9.17, 15) is 14.6 Å².